The maximum Gasteiger partial charge on any atom is 0.303 e. The number of carboxylic acid groups (broad SMARTS) is 1. The van der Waals surface area contributed by atoms with Crippen LogP contribution in [0.3, 0.4) is 0 Å². The highest BCUT2D eigenvalue weighted by Crippen LogP contribution is 2.37. The van der Waals surface area contributed by atoms with Gasteiger partial charge in [0.2, 0.25) is 5.82 Å². The molecule has 5 N–H and O–H groups in total. The number of nitrogen functional groups attached to an aromatic ring is 1. The van der Waals surface area contributed by atoms with Crippen molar-refractivity contribution < 1.29 is 19.5 Å². The Balaban J connectivity index is 1.49. The van der Waals surface area contributed by atoms with E-state index in [1.54, 1.807) is 12.1 Å². The number of phenolic OH excluding ortho intramolecular Hbond substituents is 1. The second-order valence-electron chi connectivity index (χ2n) is 7.47. The van der Waals surface area contributed by atoms with Crippen molar-refractivity contribution in [3.8, 4) is 28.6 Å². The molecule has 30 heavy (non-hydrogen) atoms. The van der Waals surface area contributed by atoms with Crippen LogP contribution in [0.4, 0.5) is 5.69 Å². The number of aliphatic carboxylic acids is 1. The number of rotatable bonds is 8. The first-order chi connectivity index (χ1) is 14.5. The lowest BCUT2D eigenvalue weighted by Gasteiger charge is -2.14. The van der Waals surface area contributed by atoms with Crippen LogP contribution >= 0.6 is 0 Å². The summed E-state index contributed by atoms with van der Waals surface area (Å²) < 4.78 is 5.44. The van der Waals surface area contributed by atoms with Gasteiger partial charge in [0.05, 0.1) is 5.69 Å². The number of anilines is 1. The highest BCUT2D eigenvalue weighted by Gasteiger charge is 2.26. The molecule has 0 saturated heterocycles. The third-order valence-electron chi connectivity index (χ3n) is 5.42. The molecule has 0 fully saturated rings. The highest BCUT2D eigenvalue weighted by atomic mass is 16.5. The molecule has 4 rings (SSSR count). The van der Waals surface area contributed by atoms with Crippen molar-refractivity contribution in [2.24, 2.45) is 0 Å². The lowest BCUT2D eigenvalue weighted by atomic mass is 10.0. The molecule has 0 saturated carbocycles. The van der Waals surface area contributed by atoms with Gasteiger partial charge in [-0.05, 0) is 61.6 Å². The van der Waals surface area contributed by atoms with Gasteiger partial charge in [0, 0.05) is 23.6 Å². The minimum Gasteiger partial charge on any atom is -0.506 e. The first-order valence-corrected chi connectivity index (χ1v) is 10.0. The van der Waals surface area contributed by atoms with E-state index in [2.05, 4.69) is 21.5 Å². The molecule has 0 bridgehead atoms. The van der Waals surface area contributed by atoms with Crippen molar-refractivity contribution in [2.45, 2.75) is 38.1 Å². The lowest BCUT2D eigenvalue weighted by Crippen LogP contribution is -2.20. The molecule has 1 aromatic heterocycles. The van der Waals surface area contributed by atoms with Gasteiger partial charge >= 0.3 is 5.97 Å². The van der Waals surface area contributed by atoms with E-state index in [4.69, 9.17) is 15.4 Å². The number of hydrogen-bond donors (Lipinski definition) is 4. The largest absolute Gasteiger partial charge is 0.506 e. The summed E-state index contributed by atoms with van der Waals surface area (Å²) >= 11 is 0. The van der Waals surface area contributed by atoms with Crippen LogP contribution in [0.2, 0.25) is 0 Å². The molecule has 1 atom stereocenters. The van der Waals surface area contributed by atoms with Gasteiger partial charge in [0.25, 0.3) is 5.89 Å². The van der Waals surface area contributed by atoms with Crippen LogP contribution in [-0.4, -0.2) is 32.9 Å². The number of hydrogen-bond acceptors (Lipinski definition) is 7. The van der Waals surface area contributed by atoms with Crippen molar-refractivity contribution in [2.75, 3.05) is 12.3 Å². The average molecular weight is 408 g/mol. The van der Waals surface area contributed by atoms with E-state index in [-0.39, 0.29) is 23.9 Å². The topological polar surface area (TPSA) is 134 Å². The van der Waals surface area contributed by atoms with Gasteiger partial charge < -0.3 is 25.8 Å². The zero-order valence-corrected chi connectivity index (χ0v) is 16.5. The molecule has 1 heterocycles. The SMILES string of the molecule is Nc1cc(-c2nc(-c3cccc4c3CCC4NCCCCC(=O)O)no2)ccc1O. The van der Waals surface area contributed by atoms with Crippen molar-refractivity contribution in [3.05, 3.63) is 47.5 Å². The maximum atomic E-state index is 10.6. The number of carboxylic acids is 1. The van der Waals surface area contributed by atoms with Gasteiger partial charge in [0.1, 0.15) is 5.75 Å². The molecule has 8 nitrogen and oxygen atoms in total. The smallest absolute Gasteiger partial charge is 0.303 e. The fourth-order valence-electron chi connectivity index (χ4n) is 3.89. The van der Waals surface area contributed by atoms with E-state index >= 15 is 0 Å². The Kier molecular flexibility index (Phi) is 5.67. The molecular weight excluding hydrogens is 384 g/mol. The molecule has 0 spiro atoms. The van der Waals surface area contributed by atoms with E-state index < -0.39 is 5.97 Å². The Morgan fingerprint density at radius 2 is 2.13 bits per heavy atom. The Morgan fingerprint density at radius 3 is 2.93 bits per heavy atom. The molecule has 0 amide bonds. The van der Waals surface area contributed by atoms with E-state index in [1.807, 2.05) is 12.1 Å². The molecule has 1 aliphatic rings. The minimum absolute atomic E-state index is 0.0147. The van der Waals surface area contributed by atoms with Gasteiger partial charge in [-0.25, -0.2) is 0 Å². The van der Waals surface area contributed by atoms with Crippen LogP contribution in [0.15, 0.2) is 40.9 Å². The molecule has 1 aliphatic carbocycles. The maximum absolute atomic E-state index is 10.6. The second-order valence-corrected chi connectivity index (χ2v) is 7.47. The van der Waals surface area contributed by atoms with Gasteiger partial charge in [-0.2, -0.15) is 4.98 Å². The van der Waals surface area contributed by atoms with E-state index in [1.165, 1.54) is 17.2 Å². The Morgan fingerprint density at radius 1 is 1.27 bits per heavy atom. The number of nitrogens with zero attached hydrogens (tertiary/aromatic N) is 2. The first kappa shape index (κ1) is 19.9. The van der Waals surface area contributed by atoms with Crippen LogP contribution in [0.1, 0.15) is 42.9 Å². The summed E-state index contributed by atoms with van der Waals surface area (Å²) in [4.78, 5) is 15.2. The van der Waals surface area contributed by atoms with Crippen molar-refractivity contribution in [1.29, 1.82) is 0 Å². The predicted molar refractivity (Wildman–Crippen MR) is 112 cm³/mol. The zero-order chi connectivity index (χ0) is 21.1. The second kappa shape index (κ2) is 8.54. The van der Waals surface area contributed by atoms with Crippen LogP contribution in [0, 0.1) is 0 Å². The number of aromatic nitrogens is 2. The van der Waals surface area contributed by atoms with Crippen molar-refractivity contribution in [3.63, 3.8) is 0 Å². The summed E-state index contributed by atoms with van der Waals surface area (Å²) in [6.07, 6.45) is 3.61. The van der Waals surface area contributed by atoms with Gasteiger partial charge in [-0.1, -0.05) is 23.4 Å². The van der Waals surface area contributed by atoms with Crippen LogP contribution < -0.4 is 11.1 Å². The molecule has 2 aromatic carbocycles. The fourth-order valence-corrected chi connectivity index (χ4v) is 3.89. The highest BCUT2D eigenvalue weighted by molar-refractivity contribution is 5.68. The van der Waals surface area contributed by atoms with Crippen LogP contribution in [0.25, 0.3) is 22.8 Å². The average Bonchev–Trinajstić information content (AvgIpc) is 3.37. The van der Waals surface area contributed by atoms with Crippen molar-refractivity contribution >= 4 is 11.7 Å². The molecule has 0 radical (unpaired) electrons. The van der Waals surface area contributed by atoms with Gasteiger partial charge in [-0.3, -0.25) is 4.79 Å². The predicted octanol–water partition coefficient (Wildman–Crippen LogP) is 3.52. The summed E-state index contributed by atoms with van der Waals surface area (Å²) in [5, 5.41) is 26.0. The summed E-state index contributed by atoms with van der Waals surface area (Å²) in [5.74, 6) is 0.136. The number of phenols is 1. The third-order valence-corrected chi connectivity index (χ3v) is 5.42. The summed E-state index contributed by atoms with van der Waals surface area (Å²) in [6.45, 7) is 0.788. The molecule has 1 unspecified atom stereocenters. The van der Waals surface area contributed by atoms with Crippen molar-refractivity contribution in [1.82, 2.24) is 15.5 Å². The zero-order valence-electron chi connectivity index (χ0n) is 16.5. The summed E-state index contributed by atoms with van der Waals surface area (Å²) in [6, 6.07) is 11.1. The van der Waals surface area contributed by atoms with Gasteiger partial charge in [-0.15, -0.1) is 0 Å². The number of aromatic hydroxyl groups is 1. The Labute approximate surface area is 173 Å². The number of unbranched alkanes of at least 4 members (excludes halogenated alkanes) is 1. The van der Waals surface area contributed by atoms with Gasteiger partial charge in [0.15, 0.2) is 0 Å². The summed E-state index contributed by atoms with van der Waals surface area (Å²) in [5.41, 5.74) is 10.1. The first-order valence-electron chi connectivity index (χ1n) is 10.0. The monoisotopic (exact) mass is 408 g/mol. The number of benzene rings is 2. The Bertz CT molecular complexity index is 1060. The number of carbonyl (C=O) groups is 1. The standard InChI is InChI=1S/C22H24N4O4/c23-17-12-13(7-10-19(17)27)22-25-21(26-30-22)16-5-3-4-15-14(16)8-9-18(15)24-11-2-1-6-20(28)29/h3-5,7,10,12,18,24,27H,1-2,6,8-9,11,23H2,(H,28,29). The minimum atomic E-state index is -0.750. The molecule has 156 valence electrons. The summed E-state index contributed by atoms with van der Waals surface area (Å²) in [7, 11) is 0. The number of nitrogens with one attached hydrogen (secondary N) is 1. The normalized spacial score (nSPS) is 15.3. The number of fused-ring (bicyclic) bond motifs is 1. The number of nitrogens with two attached hydrogens (primary N) is 1. The quantitative estimate of drug-likeness (QED) is 0.253. The third kappa shape index (κ3) is 4.13. The van der Waals surface area contributed by atoms with Crippen LogP contribution in [0.5, 0.6) is 5.75 Å². The van der Waals surface area contributed by atoms with Crippen LogP contribution in [-0.2, 0) is 11.2 Å². The fraction of sp³-hybridized carbons (Fsp3) is 0.318. The molecule has 8 heteroatoms. The van der Waals surface area contributed by atoms with E-state index in [0.717, 1.165) is 31.4 Å². The van der Waals surface area contributed by atoms with E-state index in [9.17, 15) is 9.90 Å². The molecular formula is C22H24N4O4. The Hall–Kier alpha value is -3.39. The van der Waals surface area contributed by atoms with E-state index in [0.29, 0.717) is 23.7 Å². The lowest BCUT2D eigenvalue weighted by molar-refractivity contribution is -0.137. The molecule has 3 aromatic rings. The molecule has 0 aliphatic heterocycles.